The molecule has 0 saturated heterocycles. The van der Waals surface area contributed by atoms with E-state index in [0.29, 0.717) is 53.8 Å². The average Bonchev–Trinajstić information content (AvgIpc) is 2.95. The third kappa shape index (κ3) is 8.16. The minimum atomic E-state index is -2.30. The van der Waals surface area contributed by atoms with Crippen LogP contribution in [0.5, 0.6) is 11.5 Å². The van der Waals surface area contributed by atoms with Crippen molar-refractivity contribution in [1.82, 2.24) is 0 Å². The van der Waals surface area contributed by atoms with Crippen molar-refractivity contribution in [2.45, 2.75) is 110 Å². The maximum Gasteiger partial charge on any atom is 0.342 e. The van der Waals surface area contributed by atoms with Crippen LogP contribution in [0.4, 0.5) is 0 Å². The molecule has 1 heterocycles. The Labute approximate surface area is 255 Å². The summed E-state index contributed by atoms with van der Waals surface area (Å²) in [7, 11) is -0.634. The Kier molecular flexibility index (Phi) is 12.5. The van der Waals surface area contributed by atoms with E-state index < -0.39 is 8.32 Å². The molecule has 3 atom stereocenters. The van der Waals surface area contributed by atoms with Gasteiger partial charge in [-0.05, 0) is 64.7 Å². The summed E-state index contributed by atoms with van der Waals surface area (Å²) in [5, 5.41) is 0. The third-order valence-electron chi connectivity index (χ3n) is 8.78. The van der Waals surface area contributed by atoms with E-state index in [-0.39, 0.29) is 24.1 Å². The summed E-state index contributed by atoms with van der Waals surface area (Å²) in [6.07, 6.45) is 8.40. The van der Waals surface area contributed by atoms with Gasteiger partial charge in [0.15, 0.2) is 0 Å². The number of methoxy groups -OCH3 is 1. The zero-order valence-electron chi connectivity index (χ0n) is 27.0. The first-order valence-electron chi connectivity index (χ1n) is 15.6. The molecular weight excluding hydrogens is 540 g/mol. The summed E-state index contributed by atoms with van der Waals surface area (Å²) in [4.78, 5) is 14.1. The van der Waals surface area contributed by atoms with Gasteiger partial charge in [-0.3, -0.25) is 0 Å². The topological polar surface area (TPSA) is 54.0 Å². The number of ether oxygens (including phenoxy) is 3. The fourth-order valence-electron chi connectivity index (χ4n) is 6.52. The van der Waals surface area contributed by atoms with Crippen LogP contribution in [0.15, 0.2) is 67.3 Å². The van der Waals surface area contributed by atoms with Crippen LogP contribution in [0.25, 0.3) is 0 Å². The van der Waals surface area contributed by atoms with Crippen molar-refractivity contribution in [3.05, 3.63) is 84.0 Å². The number of benzene rings is 2. The summed E-state index contributed by atoms with van der Waals surface area (Å²) in [6.45, 7) is 20.2. The van der Waals surface area contributed by atoms with E-state index in [0.717, 1.165) is 23.3 Å². The second kappa shape index (κ2) is 15.6. The molecule has 0 fully saturated rings. The van der Waals surface area contributed by atoms with Crippen LogP contribution >= 0.6 is 0 Å². The Morgan fingerprint density at radius 1 is 1.00 bits per heavy atom. The summed E-state index contributed by atoms with van der Waals surface area (Å²) >= 11 is 0. The zero-order chi connectivity index (χ0) is 30.9. The number of carbonyl (C=O) groups is 1. The predicted octanol–water partition coefficient (Wildman–Crippen LogP) is 9.46. The molecule has 0 N–H and O–H groups in total. The van der Waals surface area contributed by atoms with Crippen molar-refractivity contribution < 1.29 is 23.4 Å². The Balaban J connectivity index is 1.95. The van der Waals surface area contributed by atoms with Crippen molar-refractivity contribution in [1.29, 1.82) is 0 Å². The molecule has 1 aliphatic rings. The lowest BCUT2D eigenvalue weighted by Gasteiger charge is -2.42. The van der Waals surface area contributed by atoms with Gasteiger partial charge in [-0.2, -0.15) is 0 Å². The van der Waals surface area contributed by atoms with E-state index in [1.807, 2.05) is 48.5 Å². The fourth-order valence-corrected chi connectivity index (χ4v) is 11.8. The molecule has 230 valence electrons. The van der Waals surface area contributed by atoms with Crippen LogP contribution in [0.3, 0.4) is 0 Å². The third-order valence-corrected chi connectivity index (χ3v) is 14.8. The number of esters is 1. The number of cyclic esters (lactones) is 1. The number of fused-ring (bicyclic) bond motifs is 1. The molecule has 6 heteroatoms. The Morgan fingerprint density at radius 3 is 2.26 bits per heavy atom. The lowest BCUT2D eigenvalue weighted by molar-refractivity contribution is -0.0337. The average molecular weight is 593 g/mol. The Bertz CT molecular complexity index is 1160. The number of hydrogen-bond acceptors (Lipinski definition) is 5. The molecule has 0 bridgehead atoms. The van der Waals surface area contributed by atoms with E-state index in [2.05, 4.69) is 67.2 Å². The first-order chi connectivity index (χ1) is 20.0. The normalized spacial score (nSPS) is 20.8. The van der Waals surface area contributed by atoms with E-state index >= 15 is 0 Å². The molecule has 3 rings (SSSR count). The maximum absolute atomic E-state index is 14.1. The molecule has 42 heavy (non-hydrogen) atoms. The van der Waals surface area contributed by atoms with Gasteiger partial charge < -0.3 is 18.6 Å². The van der Waals surface area contributed by atoms with Crippen LogP contribution in [0.2, 0.25) is 16.6 Å². The van der Waals surface area contributed by atoms with Crippen molar-refractivity contribution in [2.75, 3.05) is 7.11 Å². The van der Waals surface area contributed by atoms with Crippen molar-refractivity contribution >= 4 is 14.3 Å². The predicted molar refractivity (Wildman–Crippen MR) is 175 cm³/mol. The van der Waals surface area contributed by atoms with E-state index in [9.17, 15) is 4.79 Å². The minimum Gasteiger partial charge on any atom is -0.542 e. The number of rotatable bonds is 11. The molecular formula is C36H52O5Si. The number of hydrogen-bond donors (Lipinski definition) is 0. The van der Waals surface area contributed by atoms with Gasteiger partial charge in [0.2, 0.25) is 0 Å². The highest BCUT2D eigenvalue weighted by molar-refractivity contribution is 6.78. The second-order valence-electron chi connectivity index (χ2n) is 12.6. The monoisotopic (exact) mass is 592 g/mol. The lowest BCUT2D eigenvalue weighted by Crippen LogP contribution is -2.51. The smallest absolute Gasteiger partial charge is 0.342 e. The highest BCUT2D eigenvalue weighted by Crippen LogP contribution is 2.44. The van der Waals surface area contributed by atoms with Crippen molar-refractivity contribution in [3.63, 3.8) is 0 Å². The highest BCUT2D eigenvalue weighted by Gasteiger charge is 2.47. The van der Waals surface area contributed by atoms with Crippen LogP contribution in [-0.4, -0.2) is 33.6 Å². The van der Waals surface area contributed by atoms with Gasteiger partial charge in [-0.1, -0.05) is 91.0 Å². The van der Waals surface area contributed by atoms with Gasteiger partial charge in [0.1, 0.15) is 23.2 Å². The van der Waals surface area contributed by atoms with E-state index in [1.54, 1.807) is 7.11 Å². The Hall–Kier alpha value is -2.83. The van der Waals surface area contributed by atoms with Crippen LogP contribution in [0.1, 0.15) is 89.2 Å². The summed E-state index contributed by atoms with van der Waals surface area (Å²) in [6, 6.07) is 13.9. The summed E-state index contributed by atoms with van der Waals surface area (Å²) in [5.41, 5.74) is 3.72. The summed E-state index contributed by atoms with van der Waals surface area (Å²) in [5.74, 6) is 1.39. The molecule has 0 aromatic heterocycles. The molecule has 0 amide bonds. The first-order valence-corrected chi connectivity index (χ1v) is 17.7. The Morgan fingerprint density at radius 2 is 1.67 bits per heavy atom. The van der Waals surface area contributed by atoms with Crippen LogP contribution in [-0.2, 0) is 22.5 Å². The maximum atomic E-state index is 14.1. The highest BCUT2D eigenvalue weighted by atomic mass is 28.4. The fraction of sp³-hybridized carbons (Fsp3) is 0.528. The largest absolute Gasteiger partial charge is 0.542 e. The minimum absolute atomic E-state index is 0.0947. The van der Waals surface area contributed by atoms with Gasteiger partial charge in [0.05, 0.1) is 19.8 Å². The van der Waals surface area contributed by atoms with Gasteiger partial charge in [0, 0.05) is 12.8 Å². The standard InChI is InChI=1S/C36H52O5Si/c1-10-14-32-23-34(39-24-29-19-21-31(38-9)22-20-29)28(8)15-11-12-16-30-17-13-18-33(35(30)36(37)40-32)41-42(25(2)3,26(4)5)27(6)7/h10-13,17-22,25-28,32,34H,1,14-16,23-24H2,2-9H3/b12-11+/t28-,32-,34+/m0/s1. The quantitative estimate of drug-likeness (QED) is 0.148. The zero-order valence-corrected chi connectivity index (χ0v) is 28.0. The van der Waals surface area contributed by atoms with Crippen molar-refractivity contribution in [3.8, 4) is 11.5 Å². The van der Waals surface area contributed by atoms with Gasteiger partial charge >= 0.3 is 5.97 Å². The van der Waals surface area contributed by atoms with E-state index in [1.165, 1.54) is 0 Å². The summed E-state index contributed by atoms with van der Waals surface area (Å²) < 4.78 is 25.2. The molecule has 0 saturated carbocycles. The lowest BCUT2D eigenvalue weighted by atomic mass is 9.93. The van der Waals surface area contributed by atoms with Crippen LogP contribution in [0, 0.1) is 5.92 Å². The molecule has 5 nitrogen and oxygen atoms in total. The van der Waals surface area contributed by atoms with E-state index in [4.69, 9.17) is 18.6 Å². The van der Waals surface area contributed by atoms with Crippen molar-refractivity contribution in [2.24, 2.45) is 5.92 Å². The molecule has 0 aliphatic carbocycles. The van der Waals surface area contributed by atoms with Gasteiger partial charge in [-0.25, -0.2) is 4.79 Å². The van der Waals surface area contributed by atoms with Crippen LogP contribution < -0.4 is 9.16 Å². The second-order valence-corrected chi connectivity index (χ2v) is 18.0. The first kappa shape index (κ1) is 33.7. The van der Waals surface area contributed by atoms with Gasteiger partial charge in [-0.15, -0.1) is 6.58 Å². The molecule has 2 aromatic carbocycles. The number of carbonyl (C=O) groups excluding carboxylic acids is 1. The molecule has 0 spiro atoms. The SMILES string of the molecule is C=CC[C@H]1C[C@@H](OCc2ccc(OC)cc2)[C@@H](C)C/C=C/Cc2cccc(O[Si](C(C)C)(C(C)C)C(C)C)c2C(=O)O1. The number of allylic oxidation sites excluding steroid dienone is 2. The molecule has 1 aliphatic heterocycles. The molecule has 0 unspecified atom stereocenters. The molecule has 0 radical (unpaired) electrons. The molecule has 2 aromatic rings. The van der Waals surface area contributed by atoms with Gasteiger partial charge in [0.25, 0.3) is 8.32 Å².